The number of hydrogen-bond acceptors (Lipinski definition) is 4. The molecule has 2 aromatic rings. The van der Waals surface area contributed by atoms with Gasteiger partial charge in [-0.3, -0.25) is 14.7 Å². The molecule has 1 unspecified atom stereocenters. The fraction of sp³-hybridized carbons (Fsp3) is 0.235. The van der Waals surface area contributed by atoms with Crippen molar-refractivity contribution >= 4 is 29.2 Å². The Kier molecular flexibility index (Phi) is 5.34. The first-order valence-corrected chi connectivity index (χ1v) is 7.41. The molecule has 0 aliphatic rings. The zero-order valence-electron chi connectivity index (χ0n) is 13.1. The van der Waals surface area contributed by atoms with Crippen molar-refractivity contribution in [3.05, 3.63) is 58.9 Å². The summed E-state index contributed by atoms with van der Waals surface area (Å²) in [4.78, 5) is 30.2. The molecule has 2 rings (SSSR count). The van der Waals surface area contributed by atoms with E-state index >= 15 is 0 Å². The number of aromatic nitrogens is 1. The predicted octanol–water partition coefficient (Wildman–Crippen LogP) is 3.25. The van der Waals surface area contributed by atoms with Crippen molar-refractivity contribution in [2.75, 3.05) is 12.0 Å². The molecule has 1 amide bonds. The molecular weight excluding hydrogens is 316 g/mol. The highest BCUT2D eigenvalue weighted by Crippen LogP contribution is 2.32. The van der Waals surface area contributed by atoms with E-state index in [1.54, 1.807) is 37.4 Å². The smallest absolute Gasteiger partial charge is 0.328 e. The highest BCUT2D eigenvalue weighted by atomic mass is 35.5. The largest absolute Gasteiger partial charge is 0.467 e. The van der Waals surface area contributed by atoms with E-state index < -0.39 is 12.0 Å². The van der Waals surface area contributed by atoms with Gasteiger partial charge in [-0.15, -0.1) is 0 Å². The number of pyridine rings is 1. The number of rotatable bonds is 4. The summed E-state index contributed by atoms with van der Waals surface area (Å²) in [6.45, 7) is 3.43. The van der Waals surface area contributed by atoms with Crippen LogP contribution in [-0.2, 0) is 9.53 Å². The van der Waals surface area contributed by atoms with Crippen LogP contribution in [0.25, 0.3) is 0 Å². The van der Waals surface area contributed by atoms with Crippen LogP contribution >= 0.6 is 11.6 Å². The fourth-order valence-corrected chi connectivity index (χ4v) is 2.62. The normalized spacial score (nSPS) is 11.7. The van der Waals surface area contributed by atoms with E-state index in [2.05, 4.69) is 4.98 Å². The third kappa shape index (κ3) is 3.51. The number of methoxy groups -OCH3 is 1. The van der Waals surface area contributed by atoms with Gasteiger partial charge >= 0.3 is 5.97 Å². The quantitative estimate of drug-likeness (QED) is 0.806. The van der Waals surface area contributed by atoms with E-state index in [1.165, 1.54) is 18.2 Å². The van der Waals surface area contributed by atoms with Crippen LogP contribution in [0.3, 0.4) is 0 Å². The van der Waals surface area contributed by atoms with Crippen molar-refractivity contribution in [1.29, 1.82) is 0 Å². The van der Waals surface area contributed by atoms with Crippen LogP contribution in [0.1, 0.15) is 22.8 Å². The molecule has 0 N–H and O–H groups in total. The number of anilines is 1. The second kappa shape index (κ2) is 7.24. The van der Waals surface area contributed by atoms with E-state index in [9.17, 15) is 9.59 Å². The maximum atomic E-state index is 12.9. The lowest BCUT2D eigenvalue weighted by Crippen LogP contribution is -2.44. The van der Waals surface area contributed by atoms with Gasteiger partial charge in [0.15, 0.2) is 0 Å². The monoisotopic (exact) mass is 332 g/mol. The van der Waals surface area contributed by atoms with Crippen LogP contribution < -0.4 is 4.90 Å². The number of ether oxygens (including phenoxy) is 1. The van der Waals surface area contributed by atoms with Crippen LogP contribution in [0.4, 0.5) is 5.69 Å². The molecule has 0 saturated heterocycles. The standard InChI is InChI=1S/C17H17ClN2O3/c1-11-6-4-8-14(18)15(11)20(12(2)17(22)23-3)16(21)13-7-5-9-19-10-13/h4-10,12H,1-3H3. The Bertz CT molecular complexity index is 699. The summed E-state index contributed by atoms with van der Waals surface area (Å²) < 4.78 is 4.79. The topological polar surface area (TPSA) is 59.5 Å². The highest BCUT2D eigenvalue weighted by Gasteiger charge is 2.31. The Balaban J connectivity index is 2.57. The van der Waals surface area contributed by atoms with Gasteiger partial charge < -0.3 is 4.74 Å². The van der Waals surface area contributed by atoms with Crippen LogP contribution in [-0.4, -0.2) is 30.0 Å². The average molecular weight is 333 g/mol. The number of esters is 1. The molecule has 5 nitrogen and oxygen atoms in total. The van der Waals surface area contributed by atoms with Crippen LogP contribution in [0.15, 0.2) is 42.7 Å². The molecule has 1 aromatic heterocycles. The first-order chi connectivity index (χ1) is 11.0. The molecule has 0 aliphatic heterocycles. The number of amides is 1. The second-order valence-corrected chi connectivity index (χ2v) is 5.43. The van der Waals surface area contributed by atoms with Crippen molar-refractivity contribution in [3.63, 3.8) is 0 Å². The van der Waals surface area contributed by atoms with Gasteiger partial charge in [0.1, 0.15) is 6.04 Å². The van der Waals surface area contributed by atoms with Crippen molar-refractivity contribution < 1.29 is 14.3 Å². The van der Waals surface area contributed by atoms with Gasteiger partial charge in [-0.1, -0.05) is 23.7 Å². The number of benzene rings is 1. The number of hydrogen-bond donors (Lipinski definition) is 0. The minimum absolute atomic E-state index is 0.363. The SMILES string of the molecule is COC(=O)C(C)N(C(=O)c1cccnc1)c1c(C)cccc1Cl. The maximum Gasteiger partial charge on any atom is 0.328 e. The Morgan fingerprint density at radius 3 is 2.57 bits per heavy atom. The summed E-state index contributed by atoms with van der Waals surface area (Å²) in [6, 6.07) is 7.76. The van der Waals surface area contributed by atoms with Crippen molar-refractivity contribution in [1.82, 2.24) is 4.98 Å². The lowest BCUT2D eigenvalue weighted by Gasteiger charge is -2.29. The minimum atomic E-state index is -0.827. The summed E-state index contributed by atoms with van der Waals surface area (Å²) in [5.74, 6) is -0.895. The summed E-state index contributed by atoms with van der Waals surface area (Å²) in [5.41, 5.74) is 1.63. The Morgan fingerprint density at radius 1 is 1.26 bits per heavy atom. The average Bonchev–Trinajstić information content (AvgIpc) is 2.57. The van der Waals surface area contributed by atoms with Gasteiger partial charge in [0, 0.05) is 12.4 Å². The van der Waals surface area contributed by atoms with Gasteiger partial charge in [-0.05, 0) is 37.6 Å². The molecule has 6 heteroatoms. The molecular formula is C17H17ClN2O3. The maximum absolute atomic E-state index is 12.9. The lowest BCUT2D eigenvalue weighted by atomic mass is 10.1. The van der Waals surface area contributed by atoms with E-state index in [1.807, 2.05) is 13.0 Å². The molecule has 0 spiro atoms. The number of carbonyl (C=O) groups is 2. The predicted molar refractivity (Wildman–Crippen MR) is 88.7 cm³/mol. The molecule has 0 radical (unpaired) electrons. The molecule has 0 bridgehead atoms. The van der Waals surface area contributed by atoms with Crippen molar-refractivity contribution in [3.8, 4) is 0 Å². The number of nitrogens with zero attached hydrogens (tertiary/aromatic N) is 2. The molecule has 0 fully saturated rings. The number of para-hydroxylation sites is 1. The van der Waals surface area contributed by atoms with Crippen molar-refractivity contribution in [2.24, 2.45) is 0 Å². The van der Waals surface area contributed by atoms with Gasteiger partial charge in [0.25, 0.3) is 5.91 Å². The number of halogens is 1. The third-order valence-electron chi connectivity index (χ3n) is 3.49. The summed E-state index contributed by atoms with van der Waals surface area (Å²) >= 11 is 6.29. The van der Waals surface area contributed by atoms with Gasteiger partial charge in [0.05, 0.1) is 23.4 Å². The Labute approximate surface area is 139 Å². The fourth-order valence-electron chi connectivity index (χ4n) is 2.30. The van der Waals surface area contributed by atoms with Crippen molar-refractivity contribution in [2.45, 2.75) is 19.9 Å². The summed E-state index contributed by atoms with van der Waals surface area (Å²) in [5, 5.41) is 0.387. The van der Waals surface area contributed by atoms with Gasteiger partial charge in [-0.25, -0.2) is 4.79 Å². The molecule has 1 atom stereocenters. The van der Waals surface area contributed by atoms with E-state index in [0.29, 0.717) is 16.3 Å². The molecule has 23 heavy (non-hydrogen) atoms. The summed E-state index contributed by atoms with van der Waals surface area (Å²) in [6.07, 6.45) is 3.02. The number of aryl methyl sites for hydroxylation is 1. The highest BCUT2D eigenvalue weighted by molar-refractivity contribution is 6.34. The lowest BCUT2D eigenvalue weighted by molar-refractivity contribution is -0.141. The Morgan fingerprint density at radius 2 is 2.00 bits per heavy atom. The molecule has 1 aromatic carbocycles. The zero-order chi connectivity index (χ0) is 17.0. The first-order valence-electron chi connectivity index (χ1n) is 7.04. The van der Waals surface area contributed by atoms with Crippen LogP contribution in [0.2, 0.25) is 5.02 Å². The van der Waals surface area contributed by atoms with E-state index in [-0.39, 0.29) is 5.91 Å². The summed E-state index contributed by atoms with van der Waals surface area (Å²) in [7, 11) is 1.28. The molecule has 0 aliphatic carbocycles. The van der Waals surface area contributed by atoms with Crippen LogP contribution in [0, 0.1) is 6.92 Å². The van der Waals surface area contributed by atoms with E-state index in [0.717, 1.165) is 5.56 Å². The van der Waals surface area contributed by atoms with Gasteiger partial charge in [0.2, 0.25) is 0 Å². The minimum Gasteiger partial charge on any atom is -0.467 e. The van der Waals surface area contributed by atoms with E-state index in [4.69, 9.17) is 16.3 Å². The second-order valence-electron chi connectivity index (χ2n) is 5.02. The molecule has 120 valence electrons. The molecule has 0 saturated carbocycles. The molecule has 1 heterocycles. The zero-order valence-corrected chi connectivity index (χ0v) is 13.9. The third-order valence-corrected chi connectivity index (χ3v) is 3.79. The Hall–Kier alpha value is -2.40. The number of carbonyl (C=O) groups excluding carboxylic acids is 2. The first kappa shape index (κ1) is 17.0. The van der Waals surface area contributed by atoms with Gasteiger partial charge in [-0.2, -0.15) is 0 Å². The van der Waals surface area contributed by atoms with Crippen LogP contribution in [0.5, 0.6) is 0 Å².